The number of methoxy groups -OCH3 is 1. The van der Waals surface area contributed by atoms with Crippen molar-refractivity contribution in [1.82, 2.24) is 0 Å². The first-order valence-electron chi connectivity index (χ1n) is 8.13. The van der Waals surface area contributed by atoms with Gasteiger partial charge in [-0.3, -0.25) is 4.79 Å². The highest BCUT2D eigenvalue weighted by molar-refractivity contribution is 6.27. The van der Waals surface area contributed by atoms with Gasteiger partial charge in [0.15, 0.2) is 0 Å². The molecule has 0 unspecified atom stereocenters. The van der Waals surface area contributed by atoms with Gasteiger partial charge in [-0.15, -0.1) is 0 Å². The molecule has 0 amide bonds. The van der Waals surface area contributed by atoms with Crippen LogP contribution in [0.15, 0.2) is 54.1 Å². The van der Waals surface area contributed by atoms with Crippen LogP contribution in [0, 0.1) is 0 Å². The monoisotopic (exact) mass is 354 g/mol. The highest BCUT2D eigenvalue weighted by Gasteiger charge is 2.27. The number of hydrogen-bond donors (Lipinski definition) is 1. The molecule has 0 heterocycles. The van der Waals surface area contributed by atoms with Crippen LogP contribution >= 0.6 is 0 Å². The molecule has 0 atom stereocenters. The minimum atomic E-state index is -0.755. The Kier molecular flexibility index (Phi) is 5.82. The van der Waals surface area contributed by atoms with Crippen molar-refractivity contribution in [3.05, 3.63) is 65.2 Å². The predicted molar refractivity (Wildman–Crippen MR) is 99.3 cm³/mol. The number of benzene rings is 2. The summed E-state index contributed by atoms with van der Waals surface area (Å²) in [5, 5.41) is 10.1. The van der Waals surface area contributed by atoms with Crippen molar-refractivity contribution in [1.29, 1.82) is 0 Å². The van der Waals surface area contributed by atoms with Crippen molar-refractivity contribution < 1.29 is 24.2 Å². The summed E-state index contributed by atoms with van der Waals surface area (Å²) in [5.41, 5.74) is -0.241. The third-order valence-electron chi connectivity index (χ3n) is 3.42. The maximum Gasteiger partial charge on any atom is 0.342 e. The lowest BCUT2D eigenvalue weighted by molar-refractivity contribution is -0.149. The third kappa shape index (κ3) is 4.96. The summed E-state index contributed by atoms with van der Waals surface area (Å²) in [7, 11) is 1.46. The number of ether oxygens (including phenoxy) is 2. The van der Waals surface area contributed by atoms with Crippen LogP contribution in [0.25, 0.3) is 6.08 Å². The van der Waals surface area contributed by atoms with Crippen LogP contribution in [-0.4, -0.2) is 29.6 Å². The fourth-order valence-corrected chi connectivity index (χ4v) is 2.24. The second kappa shape index (κ2) is 7.87. The number of hydrogen-bond acceptors (Lipinski definition) is 5. The molecule has 0 fully saturated rings. The Bertz CT molecular complexity index is 829. The van der Waals surface area contributed by atoms with Gasteiger partial charge in [0.25, 0.3) is 0 Å². The number of phenols is 1. The minimum Gasteiger partial charge on any atom is -0.507 e. The van der Waals surface area contributed by atoms with Gasteiger partial charge in [0.1, 0.15) is 22.7 Å². The van der Waals surface area contributed by atoms with E-state index in [1.807, 2.05) is 6.07 Å². The molecule has 5 heteroatoms. The Hall–Kier alpha value is -3.08. The normalized spacial score (nSPS) is 11.8. The highest BCUT2D eigenvalue weighted by Crippen LogP contribution is 2.27. The molecule has 0 aliphatic rings. The molecule has 0 bridgehead atoms. The van der Waals surface area contributed by atoms with Gasteiger partial charge in [0.2, 0.25) is 5.78 Å². The van der Waals surface area contributed by atoms with E-state index in [-0.39, 0.29) is 16.9 Å². The fourth-order valence-electron chi connectivity index (χ4n) is 2.24. The first kappa shape index (κ1) is 19.2. The van der Waals surface area contributed by atoms with E-state index >= 15 is 0 Å². The maximum absolute atomic E-state index is 12.9. The largest absolute Gasteiger partial charge is 0.507 e. The molecule has 0 aliphatic heterocycles. The molecule has 26 heavy (non-hydrogen) atoms. The summed E-state index contributed by atoms with van der Waals surface area (Å²) < 4.78 is 10.4. The van der Waals surface area contributed by atoms with Crippen LogP contribution in [0.4, 0.5) is 0 Å². The molecule has 5 nitrogen and oxygen atoms in total. The van der Waals surface area contributed by atoms with Crippen LogP contribution in [0.2, 0.25) is 0 Å². The summed E-state index contributed by atoms with van der Waals surface area (Å²) in [6.45, 7) is 5.17. The van der Waals surface area contributed by atoms with Crippen LogP contribution in [0.3, 0.4) is 0 Å². The molecule has 2 aromatic carbocycles. The molecule has 0 saturated heterocycles. The second-order valence-corrected chi connectivity index (χ2v) is 6.68. The predicted octanol–water partition coefficient (Wildman–Crippen LogP) is 4.01. The Labute approximate surface area is 152 Å². The summed E-state index contributed by atoms with van der Waals surface area (Å²) >= 11 is 0. The molecule has 0 radical (unpaired) electrons. The lowest BCUT2D eigenvalue weighted by atomic mass is 9.99. The molecule has 2 aromatic rings. The number of carbonyl (C=O) groups is 2. The Morgan fingerprint density at radius 2 is 1.69 bits per heavy atom. The standard InChI is InChI=1S/C21H22O5/c1-21(2,3)26-20(24)17(12-14-8-6-5-7-9-14)19(23)16-11-10-15(25-4)13-18(16)22/h5-13,22H,1-4H3/b17-12-. The summed E-state index contributed by atoms with van der Waals surface area (Å²) in [4.78, 5) is 25.5. The molecule has 0 aliphatic carbocycles. The van der Waals surface area contributed by atoms with Crippen molar-refractivity contribution in [3.63, 3.8) is 0 Å². The molecule has 2 rings (SSSR count). The summed E-state index contributed by atoms with van der Waals surface area (Å²) in [6.07, 6.45) is 1.46. The molecule has 0 saturated carbocycles. The molecule has 1 N–H and O–H groups in total. The van der Waals surface area contributed by atoms with E-state index in [9.17, 15) is 14.7 Å². The molecular formula is C21H22O5. The summed E-state index contributed by atoms with van der Waals surface area (Å²) in [6, 6.07) is 13.3. The number of Topliss-reactive ketones (excluding diaryl/α,β-unsaturated/α-hetero) is 1. The van der Waals surface area contributed by atoms with Gasteiger partial charge in [-0.2, -0.15) is 0 Å². The quantitative estimate of drug-likeness (QED) is 0.289. The Morgan fingerprint density at radius 1 is 1.04 bits per heavy atom. The van der Waals surface area contributed by atoms with Crippen LogP contribution in [0.5, 0.6) is 11.5 Å². The number of phenolic OH excluding ortho intramolecular Hbond substituents is 1. The average molecular weight is 354 g/mol. The van der Waals surface area contributed by atoms with Gasteiger partial charge in [0, 0.05) is 6.07 Å². The van der Waals surface area contributed by atoms with Crippen molar-refractivity contribution in [2.24, 2.45) is 0 Å². The van der Waals surface area contributed by atoms with Crippen LogP contribution in [-0.2, 0) is 9.53 Å². The van der Waals surface area contributed by atoms with E-state index in [0.29, 0.717) is 11.3 Å². The number of rotatable bonds is 5. The first-order valence-corrected chi connectivity index (χ1v) is 8.13. The van der Waals surface area contributed by atoms with Crippen LogP contribution < -0.4 is 4.74 Å². The lowest BCUT2D eigenvalue weighted by Gasteiger charge is -2.20. The zero-order valence-electron chi connectivity index (χ0n) is 15.3. The topological polar surface area (TPSA) is 72.8 Å². The van der Waals surface area contributed by atoms with E-state index < -0.39 is 17.4 Å². The number of esters is 1. The van der Waals surface area contributed by atoms with Gasteiger partial charge in [-0.25, -0.2) is 4.79 Å². The number of ketones is 1. The van der Waals surface area contributed by atoms with Gasteiger partial charge in [-0.05, 0) is 44.5 Å². The van der Waals surface area contributed by atoms with E-state index in [1.54, 1.807) is 51.1 Å². The van der Waals surface area contributed by atoms with Crippen molar-refractivity contribution >= 4 is 17.8 Å². The molecule has 0 aromatic heterocycles. The van der Waals surface area contributed by atoms with Gasteiger partial charge in [-0.1, -0.05) is 30.3 Å². The lowest BCUT2D eigenvalue weighted by Crippen LogP contribution is -2.27. The number of aromatic hydroxyl groups is 1. The first-order chi connectivity index (χ1) is 12.2. The molecular weight excluding hydrogens is 332 g/mol. The smallest absolute Gasteiger partial charge is 0.342 e. The fraction of sp³-hybridized carbons (Fsp3) is 0.238. The average Bonchev–Trinajstić information content (AvgIpc) is 2.58. The Morgan fingerprint density at radius 3 is 2.23 bits per heavy atom. The van der Waals surface area contributed by atoms with E-state index in [0.717, 1.165) is 0 Å². The maximum atomic E-state index is 12.9. The van der Waals surface area contributed by atoms with E-state index in [2.05, 4.69) is 0 Å². The zero-order chi connectivity index (χ0) is 19.3. The van der Waals surface area contributed by atoms with E-state index in [1.165, 1.54) is 25.3 Å². The van der Waals surface area contributed by atoms with Gasteiger partial charge in [0.05, 0.1) is 12.7 Å². The van der Waals surface area contributed by atoms with Gasteiger partial charge >= 0.3 is 5.97 Å². The Balaban J connectivity index is 2.48. The van der Waals surface area contributed by atoms with Crippen molar-refractivity contribution in [3.8, 4) is 11.5 Å². The molecule has 136 valence electrons. The van der Waals surface area contributed by atoms with Gasteiger partial charge < -0.3 is 14.6 Å². The summed E-state index contributed by atoms with van der Waals surface area (Å²) in [5.74, 6) is -1.23. The van der Waals surface area contributed by atoms with Crippen molar-refractivity contribution in [2.45, 2.75) is 26.4 Å². The van der Waals surface area contributed by atoms with E-state index in [4.69, 9.17) is 9.47 Å². The molecule has 0 spiro atoms. The van der Waals surface area contributed by atoms with Crippen molar-refractivity contribution in [2.75, 3.05) is 7.11 Å². The number of carbonyl (C=O) groups excluding carboxylic acids is 2. The second-order valence-electron chi connectivity index (χ2n) is 6.68. The third-order valence-corrected chi connectivity index (χ3v) is 3.42. The van der Waals surface area contributed by atoms with Crippen LogP contribution in [0.1, 0.15) is 36.7 Å². The SMILES string of the molecule is COc1ccc(C(=O)/C(=C/c2ccccc2)C(=O)OC(C)(C)C)c(O)c1. The zero-order valence-corrected chi connectivity index (χ0v) is 15.3. The highest BCUT2D eigenvalue weighted by atomic mass is 16.6. The minimum absolute atomic E-state index is 0.00107.